The van der Waals surface area contributed by atoms with Gasteiger partial charge in [-0.15, -0.1) is 0 Å². The summed E-state index contributed by atoms with van der Waals surface area (Å²) in [5, 5.41) is 3.14. The van der Waals surface area contributed by atoms with Crippen LogP contribution >= 0.6 is 0 Å². The number of nitrogens with one attached hydrogen (secondary N) is 1. The van der Waals surface area contributed by atoms with E-state index in [9.17, 15) is 9.59 Å². The zero-order chi connectivity index (χ0) is 23.9. The summed E-state index contributed by atoms with van der Waals surface area (Å²) in [5.74, 6) is 1.58. The molecule has 2 heterocycles. The fourth-order valence-electron chi connectivity index (χ4n) is 5.06. The minimum Gasteiger partial charge on any atom is -0.497 e. The Labute approximate surface area is 201 Å². The number of hydrogen-bond acceptors (Lipinski definition) is 6. The van der Waals surface area contributed by atoms with Crippen LogP contribution in [-0.2, 0) is 11.3 Å². The second kappa shape index (κ2) is 11.3. The smallest absolute Gasteiger partial charge is 0.254 e. The van der Waals surface area contributed by atoms with Crippen LogP contribution in [0, 0.1) is 5.92 Å². The number of pyridine rings is 1. The van der Waals surface area contributed by atoms with Gasteiger partial charge in [0, 0.05) is 56.7 Å². The van der Waals surface area contributed by atoms with E-state index in [1.54, 1.807) is 44.8 Å². The number of nitrogens with zero attached hydrogens (tertiary/aromatic N) is 3. The maximum absolute atomic E-state index is 13.3. The first-order valence-corrected chi connectivity index (χ1v) is 12.0. The topological polar surface area (TPSA) is 84.0 Å². The van der Waals surface area contributed by atoms with E-state index < -0.39 is 0 Å². The van der Waals surface area contributed by atoms with Crippen molar-refractivity contribution in [2.75, 3.05) is 40.4 Å². The molecule has 1 atom stereocenters. The van der Waals surface area contributed by atoms with Gasteiger partial charge in [-0.3, -0.25) is 19.5 Å². The average molecular weight is 467 g/mol. The zero-order valence-electron chi connectivity index (χ0n) is 20.0. The molecule has 0 radical (unpaired) electrons. The number of piperazine rings is 1. The molecule has 2 amide bonds. The predicted octanol–water partition coefficient (Wildman–Crippen LogP) is 2.73. The minimum absolute atomic E-state index is 0.0450. The lowest BCUT2D eigenvalue weighted by atomic mass is 9.94. The minimum atomic E-state index is -0.154. The maximum Gasteiger partial charge on any atom is 0.254 e. The van der Waals surface area contributed by atoms with Gasteiger partial charge in [-0.05, 0) is 48.6 Å². The molecule has 0 bridgehead atoms. The molecule has 34 heavy (non-hydrogen) atoms. The fraction of sp³-hybridized carbons (Fsp3) is 0.500. The van der Waals surface area contributed by atoms with Gasteiger partial charge in [0.25, 0.3) is 5.91 Å². The van der Waals surface area contributed by atoms with E-state index >= 15 is 0 Å². The van der Waals surface area contributed by atoms with Gasteiger partial charge < -0.3 is 19.7 Å². The van der Waals surface area contributed by atoms with Crippen LogP contribution in [0.25, 0.3) is 0 Å². The van der Waals surface area contributed by atoms with Gasteiger partial charge in [0.15, 0.2) is 0 Å². The molecule has 8 nitrogen and oxygen atoms in total. The SMILES string of the molecule is COc1cc(OC)cc(C(=O)N2CCN(C(C(=O)NCc3ccncc3)C3CCCC3)CC2)c1. The van der Waals surface area contributed by atoms with Crippen molar-refractivity contribution < 1.29 is 19.1 Å². The molecular formula is C26H34N4O4. The van der Waals surface area contributed by atoms with Crippen LogP contribution in [0.1, 0.15) is 41.6 Å². The first-order valence-electron chi connectivity index (χ1n) is 12.0. The summed E-state index contributed by atoms with van der Waals surface area (Å²) >= 11 is 0. The van der Waals surface area contributed by atoms with Crippen molar-refractivity contribution in [2.24, 2.45) is 5.92 Å². The van der Waals surface area contributed by atoms with Crippen LogP contribution in [0.5, 0.6) is 11.5 Å². The summed E-state index contributed by atoms with van der Waals surface area (Å²) in [4.78, 5) is 34.6. The summed E-state index contributed by atoms with van der Waals surface area (Å²) in [6, 6.07) is 8.92. The number of ether oxygens (including phenoxy) is 2. The van der Waals surface area contributed by atoms with Crippen molar-refractivity contribution in [2.45, 2.75) is 38.3 Å². The number of hydrogen-bond donors (Lipinski definition) is 1. The molecule has 1 aromatic heterocycles. The van der Waals surface area contributed by atoms with Gasteiger partial charge in [0.05, 0.1) is 20.3 Å². The van der Waals surface area contributed by atoms with Crippen LogP contribution in [0.15, 0.2) is 42.7 Å². The summed E-state index contributed by atoms with van der Waals surface area (Å²) in [5.41, 5.74) is 1.59. The number of rotatable bonds is 8. The van der Waals surface area contributed by atoms with Crippen molar-refractivity contribution in [3.8, 4) is 11.5 Å². The third kappa shape index (κ3) is 5.67. The molecule has 1 aliphatic heterocycles. The predicted molar refractivity (Wildman–Crippen MR) is 129 cm³/mol. The Morgan fingerprint density at radius 3 is 2.21 bits per heavy atom. The van der Waals surface area contributed by atoms with Crippen molar-refractivity contribution in [3.63, 3.8) is 0 Å². The van der Waals surface area contributed by atoms with Gasteiger partial charge in [-0.2, -0.15) is 0 Å². The Morgan fingerprint density at radius 1 is 1.00 bits per heavy atom. The molecule has 8 heteroatoms. The summed E-state index contributed by atoms with van der Waals surface area (Å²) in [6.07, 6.45) is 7.99. The number of carbonyl (C=O) groups is 2. The summed E-state index contributed by atoms with van der Waals surface area (Å²) < 4.78 is 10.6. The summed E-state index contributed by atoms with van der Waals surface area (Å²) in [6.45, 7) is 3.02. The van der Waals surface area contributed by atoms with Crippen LogP contribution in [0.2, 0.25) is 0 Å². The monoisotopic (exact) mass is 466 g/mol. The van der Waals surface area contributed by atoms with Crippen LogP contribution < -0.4 is 14.8 Å². The molecule has 182 valence electrons. The van der Waals surface area contributed by atoms with Gasteiger partial charge >= 0.3 is 0 Å². The van der Waals surface area contributed by atoms with E-state index in [0.717, 1.165) is 18.4 Å². The molecule has 2 aromatic rings. The first-order chi connectivity index (χ1) is 16.6. The van der Waals surface area contributed by atoms with Crippen molar-refractivity contribution in [3.05, 3.63) is 53.9 Å². The number of benzene rings is 1. The third-order valence-electron chi connectivity index (χ3n) is 6.92. The Hall–Kier alpha value is -3.13. The van der Waals surface area contributed by atoms with Crippen LogP contribution in [-0.4, -0.2) is 73.0 Å². The van der Waals surface area contributed by atoms with Crippen LogP contribution in [0.4, 0.5) is 0 Å². The Balaban J connectivity index is 1.40. The van der Waals surface area contributed by atoms with Crippen molar-refractivity contribution >= 4 is 11.8 Å². The van der Waals surface area contributed by atoms with Crippen LogP contribution in [0.3, 0.4) is 0 Å². The number of aromatic nitrogens is 1. The maximum atomic E-state index is 13.3. The highest BCUT2D eigenvalue weighted by molar-refractivity contribution is 5.95. The molecule has 1 saturated carbocycles. The number of amides is 2. The van der Waals surface area contributed by atoms with Gasteiger partial charge in [0.2, 0.25) is 5.91 Å². The Bertz CT molecular complexity index is 948. The number of methoxy groups -OCH3 is 2. The quantitative estimate of drug-likeness (QED) is 0.644. The van der Waals surface area contributed by atoms with E-state index in [2.05, 4.69) is 15.2 Å². The van der Waals surface area contributed by atoms with E-state index in [-0.39, 0.29) is 17.9 Å². The second-order valence-electron chi connectivity index (χ2n) is 8.99. The summed E-state index contributed by atoms with van der Waals surface area (Å²) in [7, 11) is 3.15. The normalized spacial score (nSPS) is 17.9. The molecule has 1 N–H and O–H groups in total. The molecule has 1 saturated heterocycles. The highest BCUT2D eigenvalue weighted by atomic mass is 16.5. The zero-order valence-corrected chi connectivity index (χ0v) is 20.0. The Kier molecular flexibility index (Phi) is 8.00. The van der Waals surface area contributed by atoms with Gasteiger partial charge in [0.1, 0.15) is 11.5 Å². The average Bonchev–Trinajstić information content (AvgIpc) is 3.42. The molecular weight excluding hydrogens is 432 g/mol. The lowest BCUT2D eigenvalue weighted by molar-refractivity contribution is -0.129. The molecule has 2 aliphatic rings. The van der Waals surface area contributed by atoms with Gasteiger partial charge in [-0.25, -0.2) is 0 Å². The molecule has 1 aromatic carbocycles. The molecule has 1 aliphatic carbocycles. The van der Waals surface area contributed by atoms with Crippen molar-refractivity contribution in [1.82, 2.24) is 20.1 Å². The lowest BCUT2D eigenvalue weighted by Gasteiger charge is -2.40. The molecule has 0 spiro atoms. The second-order valence-corrected chi connectivity index (χ2v) is 8.99. The van der Waals surface area contributed by atoms with E-state index in [0.29, 0.717) is 55.7 Å². The highest BCUT2D eigenvalue weighted by Crippen LogP contribution is 2.31. The standard InChI is InChI=1S/C26H34N4O4/c1-33-22-15-21(16-23(17-22)34-2)26(32)30-13-11-29(12-14-30)24(20-5-3-4-6-20)25(31)28-18-19-7-9-27-10-8-19/h7-10,15-17,20,24H,3-6,11-14,18H2,1-2H3,(H,28,31). The lowest BCUT2D eigenvalue weighted by Crippen LogP contribution is -2.57. The first kappa shape index (κ1) is 24.0. The molecule has 1 unspecified atom stereocenters. The Morgan fingerprint density at radius 2 is 1.62 bits per heavy atom. The van der Waals surface area contributed by atoms with Crippen molar-refractivity contribution in [1.29, 1.82) is 0 Å². The van der Waals surface area contributed by atoms with Gasteiger partial charge in [-0.1, -0.05) is 12.8 Å². The highest BCUT2D eigenvalue weighted by Gasteiger charge is 2.37. The third-order valence-corrected chi connectivity index (χ3v) is 6.92. The van der Waals surface area contributed by atoms with E-state index in [1.807, 2.05) is 17.0 Å². The molecule has 2 fully saturated rings. The largest absolute Gasteiger partial charge is 0.497 e. The van der Waals surface area contributed by atoms with E-state index in [1.165, 1.54) is 12.8 Å². The van der Waals surface area contributed by atoms with E-state index in [4.69, 9.17) is 9.47 Å². The molecule has 4 rings (SSSR count). The number of carbonyl (C=O) groups excluding carboxylic acids is 2. The fourth-order valence-corrected chi connectivity index (χ4v) is 5.06.